The largest absolute Gasteiger partial charge is 0.289 e. The molecular formula is C33H26OS. The molecule has 0 amide bonds. The van der Waals surface area contributed by atoms with Crippen LogP contribution in [0.4, 0.5) is 0 Å². The predicted octanol–water partition coefficient (Wildman–Crippen LogP) is 8.51. The lowest BCUT2D eigenvalue weighted by Gasteiger charge is -2.12. The second kappa shape index (κ2) is 10.9. The fourth-order valence-corrected chi connectivity index (χ4v) is 4.21. The van der Waals surface area contributed by atoms with Crippen LogP contribution in [0.5, 0.6) is 0 Å². The molecule has 0 saturated carbocycles. The maximum absolute atomic E-state index is 11.2. The maximum Gasteiger partial charge on any atom is 0.185 e. The van der Waals surface area contributed by atoms with Crippen molar-refractivity contribution in [3.8, 4) is 0 Å². The van der Waals surface area contributed by atoms with Crippen LogP contribution in [0.15, 0.2) is 111 Å². The molecule has 0 heterocycles. The molecule has 0 atom stereocenters. The predicted molar refractivity (Wildman–Crippen MR) is 156 cm³/mol. The summed E-state index contributed by atoms with van der Waals surface area (Å²) in [4.78, 5) is 12.0. The Morgan fingerprint density at radius 1 is 0.571 bits per heavy atom. The average Bonchev–Trinajstić information content (AvgIpc) is 2.90. The van der Waals surface area contributed by atoms with Gasteiger partial charge in [0.15, 0.2) is 5.78 Å². The van der Waals surface area contributed by atoms with E-state index in [1.165, 1.54) is 22.3 Å². The van der Waals surface area contributed by atoms with E-state index in [4.69, 9.17) is 12.2 Å². The molecule has 170 valence electrons. The van der Waals surface area contributed by atoms with Gasteiger partial charge in [-0.25, -0.2) is 0 Å². The lowest BCUT2D eigenvalue weighted by Crippen LogP contribution is -2.02. The minimum absolute atomic E-state index is 0.00806. The highest BCUT2D eigenvalue weighted by atomic mass is 32.1. The van der Waals surface area contributed by atoms with Crippen molar-refractivity contribution in [3.63, 3.8) is 0 Å². The molecule has 3 aromatic rings. The standard InChI is InChI=1S/C11H8O.C11H8S.C11H10/c2*1-8-10-5-3-2-4-9(10)6-7-11(8)12;1-9-5-4-7-10-6-2-3-8-11(9)10/h2*2-7H,1H2;2-4,6-8H,1,5H2. The Kier molecular flexibility index (Phi) is 7.45. The molecule has 0 aromatic heterocycles. The summed E-state index contributed by atoms with van der Waals surface area (Å²) in [6.07, 6.45) is 12.7. The van der Waals surface area contributed by atoms with Gasteiger partial charge >= 0.3 is 0 Å². The van der Waals surface area contributed by atoms with E-state index in [2.05, 4.69) is 62.2 Å². The molecule has 0 N–H and O–H groups in total. The molecule has 0 unspecified atom stereocenters. The Morgan fingerprint density at radius 3 is 1.66 bits per heavy atom. The third kappa shape index (κ3) is 5.51. The lowest BCUT2D eigenvalue weighted by molar-refractivity contribution is -0.109. The first-order valence-electron chi connectivity index (χ1n) is 11.4. The van der Waals surface area contributed by atoms with E-state index in [9.17, 15) is 4.79 Å². The van der Waals surface area contributed by atoms with Gasteiger partial charge in [0, 0.05) is 10.4 Å². The molecule has 35 heavy (non-hydrogen) atoms. The molecule has 0 spiro atoms. The zero-order valence-corrected chi connectivity index (χ0v) is 20.4. The van der Waals surface area contributed by atoms with E-state index >= 15 is 0 Å². The van der Waals surface area contributed by atoms with Crippen LogP contribution >= 0.6 is 12.2 Å². The molecule has 3 aliphatic carbocycles. The summed E-state index contributed by atoms with van der Waals surface area (Å²) in [5, 5.41) is 0. The highest BCUT2D eigenvalue weighted by molar-refractivity contribution is 7.81. The molecule has 0 aliphatic heterocycles. The second-order valence-corrected chi connectivity index (χ2v) is 8.76. The van der Waals surface area contributed by atoms with Gasteiger partial charge in [-0.1, -0.05) is 129 Å². The molecule has 1 nitrogen and oxygen atoms in total. The average molecular weight is 471 g/mol. The summed E-state index contributed by atoms with van der Waals surface area (Å²) in [6.45, 7) is 11.7. The van der Waals surface area contributed by atoms with Gasteiger partial charge in [0.2, 0.25) is 0 Å². The molecule has 0 fully saturated rings. The first kappa shape index (κ1) is 24.0. The van der Waals surface area contributed by atoms with Gasteiger partial charge in [-0.15, -0.1) is 0 Å². The van der Waals surface area contributed by atoms with Crippen molar-refractivity contribution >= 4 is 57.8 Å². The van der Waals surface area contributed by atoms with E-state index in [1.54, 1.807) is 6.08 Å². The van der Waals surface area contributed by atoms with Crippen LogP contribution in [0.3, 0.4) is 0 Å². The number of benzene rings is 3. The zero-order chi connectivity index (χ0) is 24.8. The summed E-state index contributed by atoms with van der Waals surface area (Å²) < 4.78 is 0. The van der Waals surface area contributed by atoms with E-state index < -0.39 is 0 Å². The molecule has 6 rings (SSSR count). The van der Waals surface area contributed by atoms with Crippen molar-refractivity contribution in [2.24, 2.45) is 0 Å². The highest BCUT2D eigenvalue weighted by Crippen LogP contribution is 2.27. The van der Waals surface area contributed by atoms with Gasteiger partial charge < -0.3 is 0 Å². The second-order valence-electron chi connectivity index (χ2n) is 8.32. The lowest BCUT2D eigenvalue weighted by atomic mass is 9.93. The molecule has 0 radical (unpaired) electrons. The number of fused-ring (bicyclic) bond motifs is 3. The first-order chi connectivity index (χ1) is 17.0. The Morgan fingerprint density at radius 2 is 1.06 bits per heavy atom. The van der Waals surface area contributed by atoms with Crippen LogP contribution in [0.25, 0.3) is 34.9 Å². The topological polar surface area (TPSA) is 17.1 Å². The number of allylic oxidation sites excluding steroid dienone is 6. The molecule has 3 aliphatic rings. The Labute approximate surface area is 212 Å². The smallest absolute Gasteiger partial charge is 0.185 e. The van der Waals surface area contributed by atoms with Crippen molar-refractivity contribution < 1.29 is 4.79 Å². The number of hydrogen-bond acceptors (Lipinski definition) is 2. The molecule has 0 bridgehead atoms. The fourth-order valence-electron chi connectivity index (χ4n) is 4.03. The monoisotopic (exact) mass is 470 g/mol. The minimum atomic E-state index is 0.00806. The van der Waals surface area contributed by atoms with Crippen LogP contribution in [0.2, 0.25) is 0 Å². The summed E-state index contributed by atoms with van der Waals surface area (Å²) in [5.74, 6) is 0.00806. The molecular weight excluding hydrogens is 444 g/mol. The quantitative estimate of drug-likeness (QED) is 0.242. The third-order valence-corrected chi connectivity index (χ3v) is 6.38. The van der Waals surface area contributed by atoms with Gasteiger partial charge in [0.1, 0.15) is 0 Å². The van der Waals surface area contributed by atoms with Crippen molar-refractivity contribution in [3.05, 3.63) is 144 Å². The van der Waals surface area contributed by atoms with Gasteiger partial charge in [0.05, 0.1) is 0 Å². The summed E-state index contributed by atoms with van der Waals surface area (Å²) in [5.41, 5.74) is 9.76. The maximum atomic E-state index is 11.2. The molecule has 3 aromatic carbocycles. The summed E-state index contributed by atoms with van der Waals surface area (Å²) >= 11 is 5.12. The summed E-state index contributed by atoms with van der Waals surface area (Å²) in [7, 11) is 0. The van der Waals surface area contributed by atoms with Gasteiger partial charge in [0.25, 0.3) is 0 Å². The van der Waals surface area contributed by atoms with E-state index in [0.29, 0.717) is 5.57 Å². The first-order valence-corrected chi connectivity index (χ1v) is 11.8. The highest BCUT2D eigenvalue weighted by Gasteiger charge is 2.13. The Bertz CT molecular complexity index is 1370. The van der Waals surface area contributed by atoms with Crippen molar-refractivity contribution in [1.29, 1.82) is 0 Å². The number of rotatable bonds is 0. The van der Waals surface area contributed by atoms with E-state index in [1.807, 2.05) is 60.7 Å². The molecule has 2 heteroatoms. The van der Waals surface area contributed by atoms with E-state index in [0.717, 1.165) is 33.5 Å². The van der Waals surface area contributed by atoms with E-state index in [-0.39, 0.29) is 5.78 Å². The minimum Gasteiger partial charge on any atom is -0.289 e. The van der Waals surface area contributed by atoms with Gasteiger partial charge in [-0.3, -0.25) is 4.79 Å². The number of thiocarbonyl (C=S) groups is 1. The van der Waals surface area contributed by atoms with Crippen molar-refractivity contribution in [1.82, 2.24) is 0 Å². The number of carbonyl (C=O) groups excluding carboxylic acids is 1. The normalized spacial score (nSPS) is 14.7. The van der Waals surface area contributed by atoms with Crippen LogP contribution < -0.4 is 0 Å². The number of carbonyl (C=O) groups is 1. The SMILES string of the molecule is C=C1C(=O)C=Cc2ccccc21.C=C1C(=S)C=Cc2ccccc21.C=C1CC=Cc2ccccc21. The van der Waals surface area contributed by atoms with Crippen molar-refractivity contribution in [2.75, 3.05) is 0 Å². The van der Waals surface area contributed by atoms with Gasteiger partial charge in [-0.2, -0.15) is 0 Å². The number of hydrogen-bond donors (Lipinski definition) is 0. The molecule has 0 saturated heterocycles. The van der Waals surface area contributed by atoms with Crippen LogP contribution in [0, 0.1) is 0 Å². The Hall–Kier alpha value is -4.14. The van der Waals surface area contributed by atoms with Gasteiger partial charge in [-0.05, 0) is 63.1 Å². The van der Waals surface area contributed by atoms with Crippen molar-refractivity contribution in [2.45, 2.75) is 6.42 Å². The third-order valence-electron chi connectivity index (χ3n) is 6.00. The summed E-state index contributed by atoms with van der Waals surface area (Å²) in [6, 6.07) is 24.3. The van der Waals surface area contributed by atoms with Crippen LogP contribution in [-0.4, -0.2) is 10.6 Å². The zero-order valence-electron chi connectivity index (χ0n) is 19.5. The Balaban J connectivity index is 0.000000124. The van der Waals surface area contributed by atoms with Crippen LogP contribution in [0.1, 0.15) is 39.8 Å². The van der Waals surface area contributed by atoms with Crippen LogP contribution in [-0.2, 0) is 4.79 Å². The fraction of sp³-hybridized carbons (Fsp3) is 0.0303. The number of ketones is 1.